The van der Waals surface area contributed by atoms with Gasteiger partial charge < -0.3 is 19.9 Å². The van der Waals surface area contributed by atoms with E-state index in [2.05, 4.69) is 20.0 Å². The molecule has 7 nitrogen and oxygen atoms in total. The van der Waals surface area contributed by atoms with Gasteiger partial charge in [0, 0.05) is 18.9 Å². The van der Waals surface area contributed by atoms with Gasteiger partial charge in [0.15, 0.2) is 0 Å². The van der Waals surface area contributed by atoms with Gasteiger partial charge >= 0.3 is 6.09 Å². The molecule has 0 saturated carbocycles. The normalized spacial score (nSPS) is 18.7. The zero-order valence-electron chi connectivity index (χ0n) is 10.2. The highest BCUT2D eigenvalue weighted by molar-refractivity contribution is 5.82. The highest BCUT2D eigenvalue weighted by atomic mass is 16.5. The maximum Gasteiger partial charge on any atom is 0.407 e. The first-order chi connectivity index (χ1) is 8.72. The van der Waals surface area contributed by atoms with Crippen LogP contribution in [0.1, 0.15) is 24.7 Å². The molecule has 1 aliphatic rings. The lowest BCUT2D eigenvalue weighted by molar-refractivity contribution is -0.131. The minimum atomic E-state index is -0.600. The molecule has 0 unspecified atom stereocenters. The number of aromatic nitrogens is 2. The van der Waals surface area contributed by atoms with Gasteiger partial charge in [-0.1, -0.05) is 0 Å². The highest BCUT2D eigenvalue weighted by Crippen LogP contribution is 2.29. The Labute approximate surface area is 105 Å². The van der Waals surface area contributed by atoms with Gasteiger partial charge in [0.1, 0.15) is 12.4 Å². The number of amides is 2. The molecule has 0 spiro atoms. The number of carbonyl (C=O) groups is 2. The van der Waals surface area contributed by atoms with Crippen molar-refractivity contribution in [3.63, 3.8) is 0 Å². The van der Waals surface area contributed by atoms with Crippen molar-refractivity contribution in [1.29, 1.82) is 0 Å². The molecule has 2 N–H and O–H groups in total. The number of methoxy groups -OCH3 is 1. The Bertz CT molecular complexity index is 418. The minimum absolute atomic E-state index is 0.0213. The van der Waals surface area contributed by atoms with Crippen molar-refractivity contribution in [2.24, 2.45) is 0 Å². The first kappa shape index (κ1) is 12.4. The van der Waals surface area contributed by atoms with E-state index in [-0.39, 0.29) is 18.5 Å². The van der Waals surface area contributed by atoms with Crippen molar-refractivity contribution in [3.05, 3.63) is 18.2 Å². The van der Waals surface area contributed by atoms with E-state index in [9.17, 15) is 9.59 Å². The van der Waals surface area contributed by atoms with Gasteiger partial charge in [-0.2, -0.15) is 0 Å². The Balaban J connectivity index is 1.95. The van der Waals surface area contributed by atoms with Crippen LogP contribution < -0.4 is 5.32 Å². The van der Waals surface area contributed by atoms with E-state index in [1.165, 1.54) is 7.11 Å². The molecule has 2 heterocycles. The summed E-state index contributed by atoms with van der Waals surface area (Å²) >= 11 is 0. The second-order valence-corrected chi connectivity index (χ2v) is 4.06. The molecule has 0 bridgehead atoms. The lowest BCUT2D eigenvalue weighted by Crippen LogP contribution is -2.40. The number of nitrogens with one attached hydrogen (secondary N) is 2. The SMILES string of the molecule is COC(=O)NCC(=O)N1CCC[C@@H]1c1ncc[nH]1. The van der Waals surface area contributed by atoms with E-state index < -0.39 is 6.09 Å². The maximum absolute atomic E-state index is 12.0. The Kier molecular flexibility index (Phi) is 3.81. The van der Waals surface area contributed by atoms with E-state index in [0.717, 1.165) is 18.7 Å². The maximum atomic E-state index is 12.0. The monoisotopic (exact) mass is 252 g/mol. The summed E-state index contributed by atoms with van der Waals surface area (Å²) in [5, 5.41) is 2.39. The van der Waals surface area contributed by atoms with E-state index in [4.69, 9.17) is 0 Å². The van der Waals surface area contributed by atoms with Crippen LogP contribution in [0.15, 0.2) is 12.4 Å². The average Bonchev–Trinajstić information content (AvgIpc) is 3.04. The molecule has 1 aromatic heterocycles. The van der Waals surface area contributed by atoms with Crippen LogP contribution in [0.3, 0.4) is 0 Å². The fourth-order valence-electron chi connectivity index (χ4n) is 2.13. The summed E-state index contributed by atoms with van der Waals surface area (Å²) in [6.07, 6.45) is 4.64. The van der Waals surface area contributed by atoms with Crippen LogP contribution in [-0.2, 0) is 9.53 Å². The lowest BCUT2D eigenvalue weighted by atomic mass is 10.2. The van der Waals surface area contributed by atoms with Gasteiger partial charge in [-0.05, 0) is 12.8 Å². The fraction of sp³-hybridized carbons (Fsp3) is 0.545. The second kappa shape index (κ2) is 5.52. The number of imidazole rings is 1. The first-order valence-corrected chi connectivity index (χ1v) is 5.83. The van der Waals surface area contributed by atoms with Crippen molar-refractivity contribution in [1.82, 2.24) is 20.2 Å². The fourth-order valence-corrected chi connectivity index (χ4v) is 2.13. The molecule has 0 aliphatic carbocycles. The number of likely N-dealkylation sites (tertiary alicyclic amines) is 1. The highest BCUT2D eigenvalue weighted by Gasteiger charge is 2.31. The number of hydrogen-bond donors (Lipinski definition) is 2. The molecule has 0 radical (unpaired) electrons. The summed E-state index contributed by atoms with van der Waals surface area (Å²) < 4.78 is 4.42. The lowest BCUT2D eigenvalue weighted by Gasteiger charge is -2.23. The third kappa shape index (κ3) is 2.61. The number of rotatable bonds is 3. The largest absolute Gasteiger partial charge is 0.453 e. The Morgan fingerprint density at radius 1 is 1.67 bits per heavy atom. The first-order valence-electron chi connectivity index (χ1n) is 5.83. The predicted molar refractivity (Wildman–Crippen MR) is 62.7 cm³/mol. The Hall–Kier alpha value is -2.05. The number of aromatic amines is 1. The quantitative estimate of drug-likeness (QED) is 0.816. The van der Waals surface area contributed by atoms with Gasteiger partial charge in [0.05, 0.1) is 13.2 Å². The Morgan fingerprint density at radius 2 is 2.50 bits per heavy atom. The van der Waals surface area contributed by atoms with Crippen molar-refractivity contribution in [3.8, 4) is 0 Å². The zero-order chi connectivity index (χ0) is 13.0. The summed E-state index contributed by atoms with van der Waals surface area (Å²) in [5.41, 5.74) is 0. The molecule has 2 amide bonds. The molecule has 18 heavy (non-hydrogen) atoms. The summed E-state index contributed by atoms with van der Waals surface area (Å²) in [5.74, 6) is 0.665. The van der Waals surface area contributed by atoms with Crippen molar-refractivity contribution in [2.75, 3.05) is 20.2 Å². The van der Waals surface area contributed by atoms with E-state index in [0.29, 0.717) is 6.54 Å². The van der Waals surface area contributed by atoms with Crippen LogP contribution in [0.5, 0.6) is 0 Å². The van der Waals surface area contributed by atoms with E-state index >= 15 is 0 Å². The minimum Gasteiger partial charge on any atom is -0.453 e. The predicted octanol–water partition coefficient (Wildman–Crippen LogP) is 0.429. The second-order valence-electron chi connectivity index (χ2n) is 4.06. The third-order valence-corrected chi connectivity index (χ3v) is 2.98. The number of carbonyl (C=O) groups excluding carboxylic acids is 2. The molecule has 1 aliphatic heterocycles. The van der Waals surface area contributed by atoms with E-state index in [1.807, 2.05) is 0 Å². The van der Waals surface area contributed by atoms with Crippen molar-refractivity contribution >= 4 is 12.0 Å². The van der Waals surface area contributed by atoms with Crippen LogP contribution in [0.4, 0.5) is 4.79 Å². The third-order valence-electron chi connectivity index (χ3n) is 2.98. The van der Waals surface area contributed by atoms with Gasteiger partial charge in [-0.25, -0.2) is 9.78 Å². The van der Waals surface area contributed by atoms with Crippen LogP contribution in [0.2, 0.25) is 0 Å². The van der Waals surface area contributed by atoms with Gasteiger partial charge in [0.2, 0.25) is 5.91 Å². The molecular weight excluding hydrogens is 236 g/mol. The molecule has 0 aromatic carbocycles. The summed E-state index contributed by atoms with van der Waals surface area (Å²) in [6.45, 7) is 0.636. The van der Waals surface area contributed by atoms with Gasteiger partial charge in [0.25, 0.3) is 0 Å². The molecular formula is C11H16N4O3. The number of hydrogen-bond acceptors (Lipinski definition) is 4. The Morgan fingerprint density at radius 3 is 3.17 bits per heavy atom. The van der Waals surface area contributed by atoms with Gasteiger partial charge in [-0.3, -0.25) is 4.79 Å². The number of ether oxygens (including phenoxy) is 1. The zero-order valence-corrected chi connectivity index (χ0v) is 10.2. The molecule has 7 heteroatoms. The van der Waals surface area contributed by atoms with Gasteiger partial charge in [-0.15, -0.1) is 0 Å². The smallest absolute Gasteiger partial charge is 0.407 e. The molecule has 98 valence electrons. The van der Waals surface area contributed by atoms with Crippen molar-refractivity contribution < 1.29 is 14.3 Å². The summed E-state index contributed by atoms with van der Waals surface area (Å²) in [6, 6.07) is -0.0213. The topological polar surface area (TPSA) is 87.3 Å². The van der Waals surface area contributed by atoms with Crippen LogP contribution >= 0.6 is 0 Å². The number of H-pyrrole nitrogens is 1. The summed E-state index contributed by atoms with van der Waals surface area (Å²) in [7, 11) is 1.27. The molecule has 1 saturated heterocycles. The average molecular weight is 252 g/mol. The van der Waals surface area contributed by atoms with Crippen LogP contribution in [0.25, 0.3) is 0 Å². The van der Waals surface area contributed by atoms with Crippen molar-refractivity contribution in [2.45, 2.75) is 18.9 Å². The molecule has 2 rings (SSSR count). The standard InChI is InChI=1S/C11H16N4O3/c1-18-11(17)14-7-9(16)15-6-2-3-8(15)10-12-4-5-13-10/h4-5,8H,2-3,6-7H2,1H3,(H,12,13)(H,14,17)/t8-/m1/s1. The van der Waals surface area contributed by atoms with Crippen LogP contribution in [0, 0.1) is 0 Å². The van der Waals surface area contributed by atoms with Crippen LogP contribution in [-0.4, -0.2) is 47.1 Å². The molecule has 1 aromatic rings. The molecule has 1 fully saturated rings. The van der Waals surface area contributed by atoms with E-state index in [1.54, 1.807) is 17.3 Å². The number of nitrogens with zero attached hydrogens (tertiary/aromatic N) is 2. The number of alkyl carbamates (subject to hydrolysis) is 1. The molecule has 1 atom stereocenters. The summed E-state index contributed by atoms with van der Waals surface area (Å²) in [4.78, 5) is 31.8.